The van der Waals surface area contributed by atoms with Gasteiger partial charge >= 0.3 is 0 Å². The molecule has 98 valence electrons. The van der Waals surface area contributed by atoms with E-state index >= 15 is 0 Å². The molecule has 1 aromatic heterocycles. The molecule has 1 heterocycles. The van der Waals surface area contributed by atoms with Gasteiger partial charge in [-0.3, -0.25) is 9.59 Å². The SMILES string of the molecule is NC(=O)c1ccc(F)c(Cn2cc(Br)ccc2=O)c1. The molecule has 0 bridgehead atoms. The molecular formula is C13H10BrFN2O2. The van der Waals surface area contributed by atoms with Gasteiger partial charge in [0.15, 0.2) is 0 Å². The van der Waals surface area contributed by atoms with Gasteiger partial charge in [-0.15, -0.1) is 0 Å². The summed E-state index contributed by atoms with van der Waals surface area (Å²) in [5, 5.41) is 0. The Morgan fingerprint density at radius 3 is 2.74 bits per heavy atom. The lowest BCUT2D eigenvalue weighted by atomic mass is 10.1. The molecule has 19 heavy (non-hydrogen) atoms. The normalized spacial score (nSPS) is 10.4. The molecule has 4 nitrogen and oxygen atoms in total. The second-order valence-corrected chi connectivity index (χ2v) is 4.90. The summed E-state index contributed by atoms with van der Waals surface area (Å²) in [6.45, 7) is 0.0330. The average Bonchev–Trinajstić information content (AvgIpc) is 2.36. The fourth-order valence-electron chi connectivity index (χ4n) is 1.66. The Morgan fingerprint density at radius 2 is 2.05 bits per heavy atom. The van der Waals surface area contributed by atoms with Crippen molar-refractivity contribution in [1.29, 1.82) is 0 Å². The molecule has 0 saturated carbocycles. The summed E-state index contributed by atoms with van der Waals surface area (Å²) < 4.78 is 15.7. The fraction of sp³-hybridized carbons (Fsp3) is 0.0769. The maximum atomic E-state index is 13.7. The van der Waals surface area contributed by atoms with Gasteiger partial charge in [-0.1, -0.05) is 0 Å². The number of primary amides is 1. The van der Waals surface area contributed by atoms with E-state index in [9.17, 15) is 14.0 Å². The van der Waals surface area contributed by atoms with Gasteiger partial charge in [0.25, 0.3) is 5.56 Å². The van der Waals surface area contributed by atoms with E-state index < -0.39 is 11.7 Å². The van der Waals surface area contributed by atoms with E-state index in [4.69, 9.17) is 5.73 Å². The summed E-state index contributed by atoms with van der Waals surface area (Å²) in [6.07, 6.45) is 1.55. The number of hydrogen-bond donors (Lipinski definition) is 1. The maximum absolute atomic E-state index is 13.7. The van der Waals surface area contributed by atoms with Crippen molar-refractivity contribution in [1.82, 2.24) is 4.57 Å². The molecule has 0 unspecified atom stereocenters. The smallest absolute Gasteiger partial charge is 0.250 e. The number of aromatic nitrogens is 1. The van der Waals surface area contributed by atoms with Gasteiger partial charge in [-0.2, -0.15) is 0 Å². The van der Waals surface area contributed by atoms with Crippen molar-refractivity contribution in [2.45, 2.75) is 6.54 Å². The third kappa shape index (κ3) is 3.08. The van der Waals surface area contributed by atoms with Gasteiger partial charge in [0.05, 0.1) is 6.54 Å². The summed E-state index contributed by atoms with van der Waals surface area (Å²) in [5.74, 6) is -1.13. The number of pyridine rings is 1. The number of nitrogens with zero attached hydrogens (tertiary/aromatic N) is 1. The molecule has 0 saturated heterocycles. The largest absolute Gasteiger partial charge is 0.366 e. The van der Waals surface area contributed by atoms with Crippen LogP contribution >= 0.6 is 15.9 Å². The van der Waals surface area contributed by atoms with Crippen LogP contribution in [-0.2, 0) is 6.54 Å². The van der Waals surface area contributed by atoms with Gasteiger partial charge < -0.3 is 10.3 Å². The second kappa shape index (κ2) is 5.36. The Kier molecular flexibility index (Phi) is 3.80. The van der Waals surface area contributed by atoms with Crippen molar-refractivity contribution in [3.8, 4) is 0 Å². The average molecular weight is 325 g/mol. The van der Waals surface area contributed by atoms with Crippen LogP contribution in [-0.4, -0.2) is 10.5 Å². The molecule has 1 aromatic carbocycles. The van der Waals surface area contributed by atoms with Crippen LogP contribution in [0.3, 0.4) is 0 Å². The number of amides is 1. The lowest BCUT2D eigenvalue weighted by Crippen LogP contribution is -2.20. The highest BCUT2D eigenvalue weighted by atomic mass is 79.9. The second-order valence-electron chi connectivity index (χ2n) is 3.98. The number of halogens is 2. The first-order valence-electron chi connectivity index (χ1n) is 5.41. The molecule has 0 aliphatic rings. The van der Waals surface area contributed by atoms with Crippen molar-refractivity contribution in [3.05, 3.63) is 68.3 Å². The summed E-state index contributed by atoms with van der Waals surface area (Å²) in [7, 11) is 0. The number of rotatable bonds is 3. The van der Waals surface area contributed by atoms with Gasteiger partial charge in [0.2, 0.25) is 5.91 Å². The fourth-order valence-corrected chi connectivity index (χ4v) is 2.04. The van der Waals surface area contributed by atoms with Crippen LogP contribution in [0.15, 0.2) is 45.8 Å². The van der Waals surface area contributed by atoms with E-state index in [1.54, 1.807) is 12.3 Å². The molecule has 1 amide bonds. The van der Waals surface area contributed by atoms with Crippen molar-refractivity contribution < 1.29 is 9.18 Å². The summed E-state index contributed by atoms with van der Waals surface area (Å²) in [6, 6.07) is 6.81. The van der Waals surface area contributed by atoms with E-state index in [1.807, 2.05) is 0 Å². The highest BCUT2D eigenvalue weighted by Gasteiger charge is 2.08. The Bertz CT molecular complexity index is 697. The minimum atomic E-state index is -0.636. The van der Waals surface area contributed by atoms with Crippen LogP contribution < -0.4 is 11.3 Å². The molecule has 0 radical (unpaired) electrons. The molecule has 0 fully saturated rings. The molecule has 6 heteroatoms. The lowest BCUT2D eigenvalue weighted by Gasteiger charge is -2.08. The van der Waals surface area contributed by atoms with Crippen LogP contribution in [0, 0.1) is 5.82 Å². The predicted molar refractivity (Wildman–Crippen MR) is 72.4 cm³/mol. The van der Waals surface area contributed by atoms with Crippen LogP contribution in [0.4, 0.5) is 4.39 Å². The summed E-state index contributed by atoms with van der Waals surface area (Å²) in [5.41, 5.74) is 5.33. The zero-order chi connectivity index (χ0) is 14.0. The number of carbonyl (C=O) groups excluding carboxylic acids is 1. The molecule has 0 spiro atoms. The van der Waals surface area contributed by atoms with Gasteiger partial charge in [-0.05, 0) is 40.2 Å². The number of hydrogen-bond acceptors (Lipinski definition) is 2. The van der Waals surface area contributed by atoms with E-state index in [-0.39, 0.29) is 23.2 Å². The van der Waals surface area contributed by atoms with E-state index in [0.29, 0.717) is 4.47 Å². The first-order chi connectivity index (χ1) is 8.97. The van der Waals surface area contributed by atoms with Gasteiger partial charge in [0, 0.05) is 27.9 Å². The van der Waals surface area contributed by atoms with E-state index in [0.717, 1.165) is 0 Å². The van der Waals surface area contributed by atoms with Crippen molar-refractivity contribution >= 4 is 21.8 Å². The summed E-state index contributed by atoms with van der Waals surface area (Å²) >= 11 is 3.24. The first-order valence-corrected chi connectivity index (χ1v) is 6.21. The predicted octanol–water partition coefficient (Wildman–Crippen LogP) is 1.90. The van der Waals surface area contributed by atoms with Gasteiger partial charge in [0.1, 0.15) is 5.82 Å². The topological polar surface area (TPSA) is 65.1 Å². The van der Waals surface area contributed by atoms with Crippen molar-refractivity contribution in [3.63, 3.8) is 0 Å². The monoisotopic (exact) mass is 324 g/mol. The quantitative estimate of drug-likeness (QED) is 0.937. The first kappa shape index (κ1) is 13.5. The number of carbonyl (C=O) groups is 1. The zero-order valence-corrected chi connectivity index (χ0v) is 11.4. The Balaban J connectivity index is 2.43. The summed E-state index contributed by atoms with van der Waals surface area (Å²) in [4.78, 5) is 22.7. The van der Waals surface area contributed by atoms with E-state index in [2.05, 4.69) is 15.9 Å². The molecule has 2 N–H and O–H groups in total. The van der Waals surface area contributed by atoms with Crippen LogP contribution in [0.1, 0.15) is 15.9 Å². The highest BCUT2D eigenvalue weighted by molar-refractivity contribution is 9.10. The third-order valence-corrected chi connectivity index (χ3v) is 3.09. The third-order valence-electron chi connectivity index (χ3n) is 2.62. The Morgan fingerprint density at radius 1 is 1.32 bits per heavy atom. The maximum Gasteiger partial charge on any atom is 0.250 e. The molecular weight excluding hydrogens is 315 g/mol. The van der Waals surface area contributed by atoms with E-state index in [1.165, 1.54) is 28.8 Å². The van der Waals surface area contributed by atoms with Crippen LogP contribution in [0.25, 0.3) is 0 Å². The number of nitrogens with two attached hydrogens (primary N) is 1. The highest BCUT2D eigenvalue weighted by Crippen LogP contribution is 2.13. The Labute approximate surface area is 116 Å². The molecule has 0 aliphatic heterocycles. The molecule has 0 aliphatic carbocycles. The number of benzene rings is 1. The molecule has 2 aromatic rings. The van der Waals surface area contributed by atoms with Crippen molar-refractivity contribution in [2.75, 3.05) is 0 Å². The lowest BCUT2D eigenvalue weighted by molar-refractivity contribution is 0.1000. The molecule has 0 atom stereocenters. The Hall–Kier alpha value is -1.95. The van der Waals surface area contributed by atoms with Crippen LogP contribution in [0.5, 0.6) is 0 Å². The van der Waals surface area contributed by atoms with Crippen molar-refractivity contribution in [2.24, 2.45) is 5.73 Å². The zero-order valence-electron chi connectivity index (χ0n) is 9.77. The minimum absolute atomic E-state index is 0.0330. The minimum Gasteiger partial charge on any atom is -0.366 e. The standard InChI is InChI=1S/C13H10BrFN2O2/c14-10-2-4-12(18)17(7-10)6-9-5-8(13(16)19)1-3-11(9)15/h1-5,7H,6H2,(H2,16,19). The molecule has 2 rings (SSSR count). The van der Waals surface area contributed by atoms with Crippen LogP contribution in [0.2, 0.25) is 0 Å². The van der Waals surface area contributed by atoms with Gasteiger partial charge in [-0.25, -0.2) is 4.39 Å².